The maximum atomic E-state index is 12.7. The van der Waals surface area contributed by atoms with Crippen molar-refractivity contribution in [3.8, 4) is 0 Å². The highest BCUT2D eigenvalue weighted by atomic mass is 32.2. The number of amides is 1. The summed E-state index contributed by atoms with van der Waals surface area (Å²) in [4.78, 5) is 12.4. The average Bonchev–Trinajstić information content (AvgIpc) is 2.71. The topological polar surface area (TPSA) is 66.5 Å². The molecule has 3 rings (SSSR count). The fourth-order valence-electron chi connectivity index (χ4n) is 3.79. The lowest BCUT2D eigenvalue weighted by molar-refractivity contribution is -0.126. The molecule has 2 aromatic carbocycles. The van der Waals surface area contributed by atoms with Crippen molar-refractivity contribution in [1.82, 2.24) is 9.62 Å². The summed E-state index contributed by atoms with van der Waals surface area (Å²) in [5.74, 6) is -0.0312. The van der Waals surface area contributed by atoms with Gasteiger partial charge in [-0.3, -0.25) is 4.79 Å². The number of aryl methyl sites for hydroxylation is 2. The highest BCUT2D eigenvalue weighted by Crippen LogP contribution is 2.22. The minimum Gasteiger partial charge on any atom is -0.356 e. The van der Waals surface area contributed by atoms with Crippen LogP contribution in [0.1, 0.15) is 36.0 Å². The summed E-state index contributed by atoms with van der Waals surface area (Å²) in [6.45, 7) is 3.44. The van der Waals surface area contributed by atoms with Gasteiger partial charge in [0.25, 0.3) is 0 Å². The van der Waals surface area contributed by atoms with E-state index in [4.69, 9.17) is 0 Å². The number of carbonyl (C=O) groups excluding carboxylic acids is 1. The summed E-state index contributed by atoms with van der Waals surface area (Å²) in [6.07, 6.45) is 3.01. The molecule has 1 heterocycles. The number of carbonyl (C=O) groups is 1. The zero-order valence-electron chi connectivity index (χ0n) is 17.0. The van der Waals surface area contributed by atoms with E-state index in [1.54, 1.807) is 0 Å². The largest absolute Gasteiger partial charge is 0.356 e. The van der Waals surface area contributed by atoms with Gasteiger partial charge in [-0.15, -0.1) is 0 Å². The summed E-state index contributed by atoms with van der Waals surface area (Å²) in [5, 5.41) is 3.02. The minimum absolute atomic E-state index is 0.0189. The van der Waals surface area contributed by atoms with Crippen molar-refractivity contribution >= 4 is 15.9 Å². The van der Waals surface area contributed by atoms with Crippen molar-refractivity contribution in [2.75, 3.05) is 19.6 Å². The molecule has 1 amide bonds. The number of rotatable bonds is 8. The Bertz CT molecular complexity index is 905. The van der Waals surface area contributed by atoms with Crippen molar-refractivity contribution in [3.05, 3.63) is 71.3 Å². The van der Waals surface area contributed by atoms with Crippen LogP contribution in [0.3, 0.4) is 0 Å². The van der Waals surface area contributed by atoms with Gasteiger partial charge in [0.15, 0.2) is 0 Å². The first-order chi connectivity index (χ1) is 13.9. The lowest BCUT2D eigenvalue weighted by Crippen LogP contribution is -2.43. The van der Waals surface area contributed by atoms with E-state index in [1.165, 1.54) is 9.87 Å². The molecule has 0 atom stereocenters. The second-order valence-corrected chi connectivity index (χ2v) is 9.77. The Kier molecular flexibility index (Phi) is 7.45. The van der Waals surface area contributed by atoms with Gasteiger partial charge in [-0.1, -0.05) is 60.2 Å². The first-order valence-corrected chi connectivity index (χ1v) is 11.9. The lowest BCUT2D eigenvalue weighted by Gasteiger charge is -2.30. The van der Waals surface area contributed by atoms with Crippen LogP contribution in [0.25, 0.3) is 0 Å². The molecule has 1 aliphatic heterocycles. The van der Waals surface area contributed by atoms with Crippen LogP contribution in [-0.2, 0) is 27.0 Å². The molecule has 2 aromatic rings. The first kappa shape index (κ1) is 21.5. The van der Waals surface area contributed by atoms with Gasteiger partial charge in [-0.2, -0.15) is 0 Å². The first-order valence-electron chi connectivity index (χ1n) is 10.3. The molecule has 0 aromatic heterocycles. The van der Waals surface area contributed by atoms with Crippen LogP contribution in [-0.4, -0.2) is 38.3 Å². The van der Waals surface area contributed by atoms with Gasteiger partial charge in [0.1, 0.15) is 0 Å². The molecule has 6 heteroatoms. The second-order valence-electron chi connectivity index (χ2n) is 7.80. The summed E-state index contributed by atoms with van der Waals surface area (Å²) in [5.41, 5.74) is 3.14. The summed E-state index contributed by atoms with van der Waals surface area (Å²) < 4.78 is 27.0. The van der Waals surface area contributed by atoms with Crippen LogP contribution in [0.4, 0.5) is 0 Å². The molecule has 0 bridgehead atoms. The molecular weight excluding hydrogens is 384 g/mol. The predicted octanol–water partition coefficient (Wildman–Crippen LogP) is 3.29. The molecule has 0 aliphatic carbocycles. The van der Waals surface area contributed by atoms with Crippen LogP contribution in [0.15, 0.2) is 54.6 Å². The molecule has 29 heavy (non-hydrogen) atoms. The Morgan fingerprint density at radius 2 is 1.72 bits per heavy atom. The van der Waals surface area contributed by atoms with E-state index in [0.29, 0.717) is 32.5 Å². The van der Waals surface area contributed by atoms with Crippen molar-refractivity contribution in [1.29, 1.82) is 0 Å². The molecule has 1 saturated heterocycles. The molecule has 5 nitrogen and oxygen atoms in total. The third kappa shape index (κ3) is 6.41. The Balaban J connectivity index is 1.41. The number of hydrogen-bond acceptors (Lipinski definition) is 3. The second kappa shape index (κ2) is 10.0. The van der Waals surface area contributed by atoms with E-state index in [1.807, 2.05) is 49.4 Å². The highest BCUT2D eigenvalue weighted by molar-refractivity contribution is 7.88. The number of nitrogens with zero attached hydrogens (tertiary/aromatic N) is 1. The molecule has 0 unspecified atom stereocenters. The molecule has 0 saturated carbocycles. The molecular formula is C23H30N2O3S. The van der Waals surface area contributed by atoms with Gasteiger partial charge < -0.3 is 5.32 Å². The van der Waals surface area contributed by atoms with Crippen LogP contribution in [0, 0.1) is 12.8 Å². The summed E-state index contributed by atoms with van der Waals surface area (Å²) in [7, 11) is -3.35. The van der Waals surface area contributed by atoms with Gasteiger partial charge in [0, 0.05) is 25.6 Å². The number of piperidine rings is 1. The van der Waals surface area contributed by atoms with Crippen molar-refractivity contribution < 1.29 is 13.2 Å². The molecule has 156 valence electrons. The van der Waals surface area contributed by atoms with Gasteiger partial charge in [0.2, 0.25) is 15.9 Å². The normalized spacial score (nSPS) is 15.9. The number of benzene rings is 2. The quantitative estimate of drug-likeness (QED) is 0.674. The van der Waals surface area contributed by atoms with Gasteiger partial charge in [-0.25, -0.2) is 12.7 Å². The Morgan fingerprint density at radius 1 is 1.03 bits per heavy atom. The third-order valence-corrected chi connectivity index (χ3v) is 7.28. The molecule has 1 N–H and O–H groups in total. The van der Waals surface area contributed by atoms with Gasteiger partial charge in [0.05, 0.1) is 5.75 Å². The fraction of sp³-hybridized carbons (Fsp3) is 0.435. The van der Waals surface area contributed by atoms with Crippen molar-refractivity contribution in [2.45, 2.75) is 38.4 Å². The van der Waals surface area contributed by atoms with E-state index >= 15 is 0 Å². The number of sulfonamides is 1. The molecule has 0 spiro atoms. The highest BCUT2D eigenvalue weighted by Gasteiger charge is 2.31. The van der Waals surface area contributed by atoms with E-state index in [0.717, 1.165) is 24.0 Å². The third-order valence-electron chi connectivity index (χ3n) is 5.43. The zero-order valence-corrected chi connectivity index (χ0v) is 17.8. The Morgan fingerprint density at radius 3 is 2.41 bits per heavy atom. The lowest BCUT2D eigenvalue weighted by atomic mass is 9.97. The van der Waals surface area contributed by atoms with Crippen molar-refractivity contribution in [2.24, 2.45) is 5.92 Å². The van der Waals surface area contributed by atoms with Gasteiger partial charge >= 0.3 is 0 Å². The van der Waals surface area contributed by atoms with Crippen LogP contribution >= 0.6 is 0 Å². The van der Waals surface area contributed by atoms with Crippen LogP contribution in [0.2, 0.25) is 0 Å². The SMILES string of the molecule is Cc1cccc(CS(=O)(=O)N2CCC(C(=O)NCCCc3ccccc3)CC2)c1. The molecule has 1 aliphatic rings. The fourth-order valence-corrected chi connectivity index (χ4v) is 5.34. The maximum absolute atomic E-state index is 12.7. The monoisotopic (exact) mass is 414 g/mol. The Hall–Kier alpha value is -2.18. The number of nitrogens with one attached hydrogen (secondary N) is 1. The zero-order chi connectivity index (χ0) is 20.7. The molecule has 0 radical (unpaired) electrons. The minimum atomic E-state index is -3.35. The standard InChI is InChI=1S/C23H30N2O3S/c1-19-7-5-10-21(17-19)18-29(27,28)25-15-12-22(13-16-25)23(26)24-14-6-11-20-8-3-2-4-9-20/h2-5,7-10,17,22H,6,11-16,18H2,1H3,(H,24,26). The number of hydrogen-bond donors (Lipinski definition) is 1. The van der Waals surface area contributed by atoms with E-state index in [2.05, 4.69) is 17.4 Å². The smallest absolute Gasteiger partial charge is 0.223 e. The summed E-state index contributed by atoms with van der Waals surface area (Å²) in [6, 6.07) is 17.8. The Labute approximate surface area is 174 Å². The maximum Gasteiger partial charge on any atom is 0.223 e. The predicted molar refractivity (Wildman–Crippen MR) is 116 cm³/mol. The van der Waals surface area contributed by atoms with Crippen LogP contribution in [0.5, 0.6) is 0 Å². The van der Waals surface area contributed by atoms with E-state index in [9.17, 15) is 13.2 Å². The molecule has 1 fully saturated rings. The van der Waals surface area contributed by atoms with Crippen molar-refractivity contribution in [3.63, 3.8) is 0 Å². The van der Waals surface area contributed by atoms with E-state index in [-0.39, 0.29) is 17.6 Å². The summed E-state index contributed by atoms with van der Waals surface area (Å²) >= 11 is 0. The van der Waals surface area contributed by atoms with E-state index < -0.39 is 10.0 Å². The average molecular weight is 415 g/mol. The van der Waals surface area contributed by atoms with Gasteiger partial charge in [-0.05, 0) is 43.7 Å². The van der Waals surface area contributed by atoms with Crippen LogP contribution < -0.4 is 5.32 Å².